The van der Waals surface area contributed by atoms with Gasteiger partial charge in [0.25, 0.3) is 0 Å². The molecule has 6 heteroatoms. The van der Waals surface area contributed by atoms with E-state index in [1.165, 1.54) is 12.3 Å². The van der Waals surface area contributed by atoms with Gasteiger partial charge in [-0.15, -0.1) is 0 Å². The molecule has 1 fully saturated rings. The predicted octanol–water partition coefficient (Wildman–Crippen LogP) is 2.62. The first-order valence-electron chi connectivity index (χ1n) is 6.64. The molecule has 1 N–H and O–H groups in total. The molecule has 1 aromatic heterocycles. The van der Waals surface area contributed by atoms with Crippen LogP contribution >= 0.6 is 11.6 Å². The van der Waals surface area contributed by atoms with Crippen LogP contribution in [0.1, 0.15) is 27.2 Å². The molecular weight excluding hydrogens is 281 g/mol. The maximum absolute atomic E-state index is 13.8. The molecule has 1 unspecified atom stereocenters. The van der Waals surface area contributed by atoms with Crippen LogP contribution in [0.5, 0.6) is 0 Å². The number of anilines is 1. The second-order valence-corrected chi connectivity index (χ2v) is 6.57. The first-order valence-corrected chi connectivity index (χ1v) is 7.02. The maximum atomic E-state index is 13.8. The summed E-state index contributed by atoms with van der Waals surface area (Å²) < 4.78 is 13.8. The lowest BCUT2D eigenvalue weighted by molar-refractivity contribution is -0.125. The molecule has 0 radical (unpaired) electrons. The van der Waals surface area contributed by atoms with E-state index >= 15 is 0 Å². The number of carbonyl (C=O) groups excluding carboxylic acids is 1. The number of aromatic nitrogens is 1. The van der Waals surface area contributed by atoms with E-state index in [9.17, 15) is 9.18 Å². The molecule has 1 aromatic rings. The smallest absolute Gasteiger partial charge is 0.225 e. The van der Waals surface area contributed by atoms with Crippen LogP contribution < -0.4 is 10.2 Å². The monoisotopic (exact) mass is 299 g/mol. The van der Waals surface area contributed by atoms with E-state index in [0.717, 1.165) is 0 Å². The summed E-state index contributed by atoms with van der Waals surface area (Å²) in [5, 5.41) is 3.23. The Morgan fingerprint density at radius 2 is 2.25 bits per heavy atom. The Kier molecular flexibility index (Phi) is 4.18. The summed E-state index contributed by atoms with van der Waals surface area (Å²) in [6, 6.07) is 1.24. The largest absolute Gasteiger partial charge is 0.353 e. The Morgan fingerprint density at radius 1 is 1.55 bits per heavy atom. The number of nitrogens with one attached hydrogen (secondary N) is 1. The van der Waals surface area contributed by atoms with Crippen molar-refractivity contribution in [3.8, 4) is 0 Å². The van der Waals surface area contributed by atoms with Crippen molar-refractivity contribution < 1.29 is 9.18 Å². The zero-order chi connectivity index (χ0) is 14.9. The summed E-state index contributed by atoms with van der Waals surface area (Å²) in [4.78, 5) is 17.9. The van der Waals surface area contributed by atoms with Gasteiger partial charge in [0, 0.05) is 24.8 Å². The van der Waals surface area contributed by atoms with E-state index in [1.807, 2.05) is 20.8 Å². The summed E-state index contributed by atoms with van der Waals surface area (Å²) >= 11 is 5.69. The van der Waals surface area contributed by atoms with Crippen molar-refractivity contribution in [3.63, 3.8) is 0 Å². The molecule has 4 nitrogen and oxygen atoms in total. The molecule has 1 amide bonds. The van der Waals surface area contributed by atoms with Crippen molar-refractivity contribution in [3.05, 3.63) is 23.1 Å². The Bertz CT molecular complexity index is 516. The minimum Gasteiger partial charge on any atom is -0.353 e. The van der Waals surface area contributed by atoms with Crippen molar-refractivity contribution in [2.45, 2.75) is 32.7 Å². The Balaban J connectivity index is 2.03. The molecule has 0 saturated carbocycles. The lowest BCUT2D eigenvalue weighted by Gasteiger charge is -2.23. The summed E-state index contributed by atoms with van der Waals surface area (Å²) in [6.07, 6.45) is 2.12. The number of halogens is 2. The molecule has 0 aliphatic carbocycles. The molecule has 1 aliphatic rings. The summed E-state index contributed by atoms with van der Waals surface area (Å²) in [6.45, 7) is 6.93. The Morgan fingerprint density at radius 3 is 2.85 bits per heavy atom. The molecule has 2 heterocycles. The van der Waals surface area contributed by atoms with Crippen LogP contribution in [-0.4, -0.2) is 29.5 Å². The second kappa shape index (κ2) is 5.56. The highest BCUT2D eigenvalue weighted by Gasteiger charge is 2.31. The van der Waals surface area contributed by atoms with Crippen LogP contribution in [0.3, 0.4) is 0 Å². The summed E-state index contributed by atoms with van der Waals surface area (Å²) in [5.74, 6) is -0.310. The molecule has 0 bridgehead atoms. The predicted molar refractivity (Wildman–Crippen MR) is 77.4 cm³/mol. The lowest BCUT2D eigenvalue weighted by atomic mass is 10.0. The minimum atomic E-state index is -0.450. The van der Waals surface area contributed by atoms with Gasteiger partial charge in [0.15, 0.2) is 11.6 Å². The second-order valence-electron chi connectivity index (χ2n) is 6.13. The van der Waals surface area contributed by atoms with Crippen molar-refractivity contribution >= 4 is 23.3 Å². The quantitative estimate of drug-likeness (QED) is 0.913. The minimum absolute atomic E-state index is 0.00868. The van der Waals surface area contributed by atoms with Crippen molar-refractivity contribution in [2.24, 2.45) is 5.92 Å². The van der Waals surface area contributed by atoms with E-state index in [-0.39, 0.29) is 28.2 Å². The van der Waals surface area contributed by atoms with Gasteiger partial charge in [0.1, 0.15) is 0 Å². The highest BCUT2D eigenvalue weighted by atomic mass is 35.5. The van der Waals surface area contributed by atoms with Gasteiger partial charge in [-0.25, -0.2) is 9.37 Å². The zero-order valence-corrected chi connectivity index (χ0v) is 12.7. The fourth-order valence-electron chi connectivity index (χ4n) is 2.28. The number of rotatable bonds is 2. The number of amides is 1. The summed E-state index contributed by atoms with van der Waals surface area (Å²) in [5.41, 5.74) is -0.256. The van der Waals surface area contributed by atoms with Crippen molar-refractivity contribution in [2.75, 3.05) is 18.0 Å². The van der Waals surface area contributed by atoms with Crippen molar-refractivity contribution in [1.82, 2.24) is 10.3 Å². The first-order chi connectivity index (χ1) is 9.26. The van der Waals surface area contributed by atoms with Gasteiger partial charge < -0.3 is 10.2 Å². The Hall–Kier alpha value is -1.36. The van der Waals surface area contributed by atoms with Crippen molar-refractivity contribution in [1.29, 1.82) is 0 Å². The lowest BCUT2D eigenvalue weighted by Crippen LogP contribution is -2.44. The molecule has 0 aromatic carbocycles. The molecule has 1 aliphatic heterocycles. The van der Waals surface area contributed by atoms with Crippen LogP contribution in [0, 0.1) is 11.7 Å². The van der Waals surface area contributed by atoms with Gasteiger partial charge in [-0.3, -0.25) is 4.79 Å². The number of hydrogen-bond donors (Lipinski definition) is 1. The number of pyridine rings is 1. The maximum Gasteiger partial charge on any atom is 0.225 e. The molecule has 0 spiro atoms. The highest BCUT2D eigenvalue weighted by Crippen LogP contribution is 2.26. The average Bonchev–Trinajstić information content (AvgIpc) is 2.75. The van der Waals surface area contributed by atoms with Gasteiger partial charge in [-0.1, -0.05) is 11.6 Å². The molecular formula is C14H19ClFN3O. The molecule has 20 heavy (non-hydrogen) atoms. The van der Waals surface area contributed by atoms with E-state index in [2.05, 4.69) is 10.3 Å². The number of nitrogens with zero attached hydrogens (tertiary/aromatic N) is 2. The van der Waals surface area contributed by atoms with Crippen LogP contribution in [0.4, 0.5) is 10.2 Å². The highest BCUT2D eigenvalue weighted by molar-refractivity contribution is 6.30. The SMILES string of the molecule is CC(C)(C)NC(=O)C1CCN(c2ncc(Cl)cc2F)C1. The van der Waals surface area contributed by atoms with Gasteiger partial charge >= 0.3 is 0 Å². The van der Waals surface area contributed by atoms with Crippen LogP contribution in [-0.2, 0) is 4.79 Å². The van der Waals surface area contributed by atoms with E-state index < -0.39 is 5.82 Å². The zero-order valence-electron chi connectivity index (χ0n) is 11.9. The third-order valence-corrected chi connectivity index (χ3v) is 3.35. The third kappa shape index (κ3) is 3.60. The molecule has 2 rings (SSSR count). The van der Waals surface area contributed by atoms with E-state index in [4.69, 9.17) is 11.6 Å². The van der Waals surface area contributed by atoms with Crippen LogP contribution in [0.2, 0.25) is 5.02 Å². The third-order valence-electron chi connectivity index (χ3n) is 3.15. The van der Waals surface area contributed by atoms with Gasteiger partial charge in [0.05, 0.1) is 10.9 Å². The fraction of sp³-hybridized carbons (Fsp3) is 0.571. The fourth-order valence-corrected chi connectivity index (χ4v) is 2.42. The van der Waals surface area contributed by atoms with E-state index in [1.54, 1.807) is 4.90 Å². The van der Waals surface area contributed by atoms with Crippen LogP contribution in [0.15, 0.2) is 12.3 Å². The van der Waals surface area contributed by atoms with Gasteiger partial charge in [-0.05, 0) is 33.3 Å². The van der Waals surface area contributed by atoms with Crippen LogP contribution in [0.25, 0.3) is 0 Å². The average molecular weight is 300 g/mol. The number of carbonyl (C=O) groups is 1. The van der Waals surface area contributed by atoms with Gasteiger partial charge in [-0.2, -0.15) is 0 Å². The first kappa shape index (κ1) is 15.0. The van der Waals surface area contributed by atoms with E-state index in [0.29, 0.717) is 19.5 Å². The molecule has 1 saturated heterocycles. The summed E-state index contributed by atoms with van der Waals surface area (Å²) in [7, 11) is 0. The topological polar surface area (TPSA) is 45.2 Å². The number of hydrogen-bond acceptors (Lipinski definition) is 3. The Labute approximate surface area is 123 Å². The standard InChI is InChI=1S/C14H19ClFN3O/c1-14(2,3)18-13(20)9-4-5-19(8-9)12-11(16)6-10(15)7-17-12/h6-7,9H,4-5,8H2,1-3H3,(H,18,20). The molecule has 1 atom stereocenters. The van der Waals surface area contributed by atoms with Gasteiger partial charge in [0.2, 0.25) is 5.91 Å². The normalized spacial score (nSPS) is 19.2. The molecule has 110 valence electrons.